The Morgan fingerprint density at radius 3 is 2.69 bits per heavy atom. The van der Waals surface area contributed by atoms with E-state index in [1.165, 1.54) is 5.56 Å². The minimum Gasteiger partial charge on any atom is -0.364 e. The molecule has 0 saturated carbocycles. The van der Waals surface area contributed by atoms with Crippen molar-refractivity contribution in [1.29, 1.82) is 0 Å². The maximum atomic E-state index is 4.88. The average molecular weight is 175 g/mol. The molecule has 0 spiro atoms. The number of hydrogen-bond acceptors (Lipinski definition) is 2. The van der Waals surface area contributed by atoms with Gasteiger partial charge >= 0.3 is 0 Å². The Labute approximate surface area is 77.5 Å². The highest BCUT2D eigenvalue weighted by Gasteiger charge is 2.14. The summed E-state index contributed by atoms with van der Waals surface area (Å²) in [5, 5.41) is 4.94. The molecular formula is C11H13NO. The molecule has 13 heavy (non-hydrogen) atoms. The molecule has 0 unspecified atom stereocenters. The highest BCUT2D eigenvalue weighted by atomic mass is 16.5. The van der Waals surface area contributed by atoms with Crippen LogP contribution >= 0.6 is 0 Å². The molecule has 0 radical (unpaired) electrons. The van der Waals surface area contributed by atoms with E-state index < -0.39 is 0 Å². The van der Waals surface area contributed by atoms with Crippen molar-refractivity contribution in [1.82, 2.24) is 5.16 Å². The molecule has 0 atom stereocenters. The third kappa shape index (κ3) is 1.44. The van der Waals surface area contributed by atoms with Crippen LogP contribution in [-0.2, 0) is 5.41 Å². The van der Waals surface area contributed by atoms with E-state index in [4.69, 9.17) is 4.52 Å². The van der Waals surface area contributed by atoms with E-state index in [1.54, 1.807) is 6.26 Å². The Kier molecular flexibility index (Phi) is 1.65. The normalized spacial score (nSPS) is 12.2. The molecule has 2 nitrogen and oxygen atoms in total. The van der Waals surface area contributed by atoms with Gasteiger partial charge in [0.1, 0.15) is 11.8 Å². The first kappa shape index (κ1) is 8.30. The number of hydrogen-bond donors (Lipinski definition) is 0. The zero-order valence-electron chi connectivity index (χ0n) is 8.16. The molecular weight excluding hydrogens is 162 g/mol. The van der Waals surface area contributed by atoms with E-state index in [0.717, 1.165) is 10.9 Å². The van der Waals surface area contributed by atoms with Crippen LogP contribution in [0.15, 0.2) is 29.0 Å². The van der Waals surface area contributed by atoms with Gasteiger partial charge in [0.25, 0.3) is 0 Å². The fourth-order valence-electron chi connectivity index (χ4n) is 1.34. The lowest BCUT2D eigenvalue weighted by Gasteiger charge is -2.18. The van der Waals surface area contributed by atoms with Gasteiger partial charge in [0.15, 0.2) is 0 Å². The van der Waals surface area contributed by atoms with Crippen LogP contribution in [0.25, 0.3) is 10.9 Å². The first-order valence-electron chi connectivity index (χ1n) is 4.42. The molecule has 0 bridgehead atoms. The quantitative estimate of drug-likeness (QED) is 0.614. The van der Waals surface area contributed by atoms with Gasteiger partial charge in [-0.3, -0.25) is 0 Å². The van der Waals surface area contributed by atoms with Crippen molar-refractivity contribution in [2.75, 3.05) is 0 Å². The summed E-state index contributed by atoms with van der Waals surface area (Å²) < 4.78 is 4.88. The largest absolute Gasteiger partial charge is 0.364 e. The number of rotatable bonds is 0. The summed E-state index contributed by atoms with van der Waals surface area (Å²) in [6, 6.07) is 6.23. The van der Waals surface area contributed by atoms with Crippen LogP contribution in [0.1, 0.15) is 26.3 Å². The van der Waals surface area contributed by atoms with Crippen LogP contribution in [-0.4, -0.2) is 5.16 Å². The zero-order chi connectivity index (χ0) is 9.47. The molecule has 0 saturated heterocycles. The summed E-state index contributed by atoms with van der Waals surface area (Å²) in [4.78, 5) is 0. The lowest BCUT2D eigenvalue weighted by Crippen LogP contribution is -2.10. The second-order valence-electron chi connectivity index (χ2n) is 4.34. The first-order chi connectivity index (χ1) is 6.07. The van der Waals surface area contributed by atoms with Crippen LogP contribution in [0.2, 0.25) is 0 Å². The van der Waals surface area contributed by atoms with Crippen molar-refractivity contribution >= 4 is 10.9 Å². The Hall–Kier alpha value is -1.31. The molecule has 0 amide bonds. The minimum atomic E-state index is 0.186. The first-order valence-corrected chi connectivity index (χ1v) is 4.42. The van der Waals surface area contributed by atoms with E-state index in [1.807, 2.05) is 6.07 Å². The van der Waals surface area contributed by atoms with Gasteiger partial charge in [-0.05, 0) is 23.1 Å². The average Bonchev–Trinajstić information content (AvgIpc) is 2.47. The van der Waals surface area contributed by atoms with Gasteiger partial charge in [-0.15, -0.1) is 0 Å². The Morgan fingerprint density at radius 2 is 2.00 bits per heavy atom. The summed E-state index contributed by atoms with van der Waals surface area (Å²) >= 11 is 0. The van der Waals surface area contributed by atoms with Crippen molar-refractivity contribution in [3.05, 3.63) is 30.0 Å². The van der Waals surface area contributed by atoms with Crippen LogP contribution in [0.5, 0.6) is 0 Å². The highest BCUT2D eigenvalue weighted by Crippen LogP contribution is 2.25. The van der Waals surface area contributed by atoms with Gasteiger partial charge in [-0.25, -0.2) is 0 Å². The highest BCUT2D eigenvalue weighted by molar-refractivity contribution is 5.78. The van der Waals surface area contributed by atoms with Crippen LogP contribution in [0.4, 0.5) is 0 Å². The SMILES string of the molecule is CC(C)(C)c1ccc2nocc2c1. The maximum absolute atomic E-state index is 4.88. The molecule has 2 rings (SSSR count). The van der Waals surface area contributed by atoms with E-state index >= 15 is 0 Å². The van der Waals surface area contributed by atoms with Crippen molar-refractivity contribution in [3.8, 4) is 0 Å². The number of benzene rings is 1. The number of nitrogens with zero attached hydrogens (tertiary/aromatic N) is 1. The van der Waals surface area contributed by atoms with E-state index in [9.17, 15) is 0 Å². The van der Waals surface area contributed by atoms with Crippen molar-refractivity contribution < 1.29 is 4.52 Å². The summed E-state index contributed by atoms with van der Waals surface area (Å²) in [6.45, 7) is 6.59. The van der Waals surface area contributed by atoms with Gasteiger partial charge in [0, 0.05) is 5.39 Å². The fraction of sp³-hybridized carbons (Fsp3) is 0.364. The van der Waals surface area contributed by atoms with Crippen LogP contribution < -0.4 is 0 Å². The second kappa shape index (κ2) is 2.59. The summed E-state index contributed by atoms with van der Waals surface area (Å²) in [6.07, 6.45) is 1.69. The van der Waals surface area contributed by atoms with Gasteiger partial charge in [-0.2, -0.15) is 0 Å². The van der Waals surface area contributed by atoms with Crippen LogP contribution in [0.3, 0.4) is 0 Å². The number of aromatic nitrogens is 1. The molecule has 0 aliphatic rings. The van der Waals surface area contributed by atoms with E-state index in [0.29, 0.717) is 0 Å². The van der Waals surface area contributed by atoms with Crippen molar-refractivity contribution in [2.45, 2.75) is 26.2 Å². The van der Waals surface area contributed by atoms with Gasteiger partial charge < -0.3 is 4.52 Å². The molecule has 2 heteroatoms. The van der Waals surface area contributed by atoms with Crippen molar-refractivity contribution in [2.24, 2.45) is 0 Å². The topological polar surface area (TPSA) is 26.0 Å². The molecule has 0 aliphatic heterocycles. The monoisotopic (exact) mass is 175 g/mol. The zero-order valence-corrected chi connectivity index (χ0v) is 8.16. The molecule has 0 fully saturated rings. The molecule has 0 aliphatic carbocycles. The number of fused-ring (bicyclic) bond motifs is 1. The van der Waals surface area contributed by atoms with Crippen LogP contribution in [0, 0.1) is 0 Å². The third-order valence-electron chi connectivity index (χ3n) is 2.22. The lowest BCUT2D eigenvalue weighted by atomic mass is 9.86. The smallest absolute Gasteiger partial charge is 0.131 e. The van der Waals surface area contributed by atoms with Gasteiger partial charge in [0.2, 0.25) is 0 Å². The molecule has 68 valence electrons. The Bertz CT molecular complexity index is 423. The molecule has 1 aromatic carbocycles. The Morgan fingerprint density at radius 1 is 1.23 bits per heavy atom. The fourth-order valence-corrected chi connectivity index (χ4v) is 1.34. The lowest BCUT2D eigenvalue weighted by molar-refractivity contribution is 0.428. The van der Waals surface area contributed by atoms with E-state index in [2.05, 4.69) is 38.1 Å². The standard InChI is InChI=1S/C11H13NO/c1-11(2,3)9-4-5-10-8(6-9)7-13-12-10/h4-7H,1-3H3. The van der Waals surface area contributed by atoms with E-state index in [-0.39, 0.29) is 5.41 Å². The molecule has 1 aromatic heterocycles. The Balaban J connectivity index is 2.61. The van der Waals surface area contributed by atoms with Gasteiger partial charge in [0.05, 0.1) is 0 Å². The molecule has 2 aromatic rings. The maximum Gasteiger partial charge on any atom is 0.131 e. The van der Waals surface area contributed by atoms with Gasteiger partial charge in [-0.1, -0.05) is 32.0 Å². The van der Waals surface area contributed by atoms with Crippen molar-refractivity contribution in [3.63, 3.8) is 0 Å². The summed E-state index contributed by atoms with van der Waals surface area (Å²) in [7, 11) is 0. The predicted molar refractivity (Wildman–Crippen MR) is 52.7 cm³/mol. The predicted octanol–water partition coefficient (Wildman–Crippen LogP) is 3.13. The second-order valence-corrected chi connectivity index (χ2v) is 4.34. The minimum absolute atomic E-state index is 0.186. The summed E-state index contributed by atoms with van der Waals surface area (Å²) in [5.74, 6) is 0. The third-order valence-corrected chi connectivity index (χ3v) is 2.22. The summed E-state index contributed by atoms with van der Waals surface area (Å²) in [5.41, 5.74) is 2.42. The molecule has 0 N–H and O–H groups in total. The molecule has 1 heterocycles.